The Balaban J connectivity index is 2.01. The molecule has 1 amide bonds. The third kappa shape index (κ3) is 2.76. The average molecular weight is 316 g/mol. The third-order valence-corrected chi connectivity index (χ3v) is 4.51. The third-order valence-electron chi connectivity index (χ3n) is 3.56. The van der Waals surface area contributed by atoms with Crippen LogP contribution in [0.5, 0.6) is 0 Å². The molecule has 0 radical (unpaired) electrons. The van der Waals surface area contributed by atoms with Crippen LogP contribution in [-0.2, 0) is 6.54 Å². The molecule has 0 saturated carbocycles. The standard InChI is InChI=1S/C17H17FN2OS/c1-2-8-19-16(21)15-10-12-7-9-22-17(12)20(15)11-13-5-3-4-6-14(13)18/h3-7,9-10H,2,8,11H2,1H3,(H,19,21). The predicted molar refractivity (Wildman–Crippen MR) is 87.9 cm³/mol. The van der Waals surface area contributed by atoms with Gasteiger partial charge in [-0.2, -0.15) is 0 Å². The van der Waals surface area contributed by atoms with E-state index in [0.717, 1.165) is 16.6 Å². The molecule has 5 heteroatoms. The zero-order valence-corrected chi connectivity index (χ0v) is 13.1. The van der Waals surface area contributed by atoms with E-state index in [2.05, 4.69) is 5.32 Å². The van der Waals surface area contributed by atoms with Gasteiger partial charge in [-0.15, -0.1) is 11.3 Å². The fraction of sp³-hybridized carbons (Fsp3) is 0.235. The van der Waals surface area contributed by atoms with Crippen LogP contribution in [0, 0.1) is 5.82 Å². The Bertz CT molecular complexity index is 806. The van der Waals surface area contributed by atoms with E-state index < -0.39 is 0 Å². The van der Waals surface area contributed by atoms with Gasteiger partial charge in [0.15, 0.2) is 0 Å². The maximum atomic E-state index is 13.9. The van der Waals surface area contributed by atoms with Gasteiger partial charge >= 0.3 is 0 Å². The maximum Gasteiger partial charge on any atom is 0.267 e. The van der Waals surface area contributed by atoms with Gasteiger partial charge in [-0.3, -0.25) is 4.79 Å². The van der Waals surface area contributed by atoms with E-state index in [9.17, 15) is 9.18 Å². The normalized spacial score (nSPS) is 11.0. The molecule has 1 aromatic carbocycles. The van der Waals surface area contributed by atoms with Crippen molar-refractivity contribution in [1.29, 1.82) is 0 Å². The van der Waals surface area contributed by atoms with Crippen LogP contribution in [0.25, 0.3) is 10.2 Å². The largest absolute Gasteiger partial charge is 0.351 e. The van der Waals surface area contributed by atoms with Gasteiger partial charge in [0.05, 0.1) is 6.54 Å². The van der Waals surface area contributed by atoms with Crippen LogP contribution in [-0.4, -0.2) is 17.0 Å². The highest BCUT2D eigenvalue weighted by atomic mass is 32.1. The Morgan fingerprint density at radius 2 is 2.14 bits per heavy atom. The Morgan fingerprint density at radius 3 is 2.91 bits per heavy atom. The molecule has 0 aliphatic heterocycles. The molecule has 0 aliphatic rings. The Labute approximate surface area is 132 Å². The fourth-order valence-electron chi connectivity index (χ4n) is 2.45. The van der Waals surface area contributed by atoms with Crippen molar-refractivity contribution in [2.45, 2.75) is 19.9 Å². The number of rotatable bonds is 5. The first-order chi connectivity index (χ1) is 10.7. The average Bonchev–Trinajstić information content (AvgIpc) is 3.09. The zero-order chi connectivity index (χ0) is 15.5. The first kappa shape index (κ1) is 14.8. The lowest BCUT2D eigenvalue weighted by Gasteiger charge is -2.11. The molecular weight excluding hydrogens is 299 g/mol. The number of nitrogens with one attached hydrogen (secondary N) is 1. The highest BCUT2D eigenvalue weighted by molar-refractivity contribution is 7.16. The van der Waals surface area contributed by atoms with Gasteiger partial charge in [0.2, 0.25) is 0 Å². The first-order valence-electron chi connectivity index (χ1n) is 7.29. The summed E-state index contributed by atoms with van der Waals surface area (Å²) in [5.41, 5.74) is 1.16. The number of aromatic nitrogens is 1. The molecule has 0 fully saturated rings. The number of thiophene rings is 1. The van der Waals surface area contributed by atoms with Crippen molar-refractivity contribution in [3.8, 4) is 0 Å². The van der Waals surface area contributed by atoms with Gasteiger partial charge in [-0.05, 0) is 30.0 Å². The summed E-state index contributed by atoms with van der Waals surface area (Å²) in [4.78, 5) is 13.3. The highest BCUT2D eigenvalue weighted by Gasteiger charge is 2.17. The summed E-state index contributed by atoms with van der Waals surface area (Å²) in [6, 6.07) is 10.5. The second-order valence-corrected chi connectivity index (χ2v) is 6.04. The lowest BCUT2D eigenvalue weighted by Crippen LogP contribution is -2.26. The van der Waals surface area contributed by atoms with Crippen molar-refractivity contribution in [2.75, 3.05) is 6.54 Å². The molecule has 1 N–H and O–H groups in total. The molecular formula is C17H17FN2OS. The summed E-state index contributed by atoms with van der Waals surface area (Å²) in [5, 5.41) is 5.89. The van der Waals surface area contributed by atoms with Gasteiger partial charge in [0, 0.05) is 17.5 Å². The number of carbonyl (C=O) groups excluding carboxylic acids is 1. The lowest BCUT2D eigenvalue weighted by molar-refractivity contribution is 0.0945. The molecule has 0 aliphatic carbocycles. The minimum atomic E-state index is -0.249. The minimum Gasteiger partial charge on any atom is -0.351 e. The van der Waals surface area contributed by atoms with Crippen molar-refractivity contribution >= 4 is 27.5 Å². The van der Waals surface area contributed by atoms with Crippen LogP contribution in [0.2, 0.25) is 0 Å². The Morgan fingerprint density at radius 1 is 1.32 bits per heavy atom. The quantitative estimate of drug-likeness (QED) is 0.757. The van der Waals surface area contributed by atoms with Gasteiger partial charge in [0.1, 0.15) is 16.3 Å². The molecule has 0 atom stereocenters. The van der Waals surface area contributed by atoms with E-state index in [1.807, 2.05) is 35.1 Å². The number of nitrogens with zero attached hydrogens (tertiary/aromatic N) is 1. The molecule has 0 bridgehead atoms. The number of carbonyl (C=O) groups is 1. The molecule has 0 unspecified atom stereocenters. The van der Waals surface area contributed by atoms with Crippen molar-refractivity contribution < 1.29 is 9.18 Å². The molecule has 0 saturated heterocycles. The van der Waals surface area contributed by atoms with Gasteiger partial charge in [0.25, 0.3) is 5.91 Å². The van der Waals surface area contributed by atoms with Crippen LogP contribution in [0.15, 0.2) is 41.8 Å². The van der Waals surface area contributed by atoms with Crippen LogP contribution < -0.4 is 5.32 Å². The molecule has 3 nitrogen and oxygen atoms in total. The SMILES string of the molecule is CCCNC(=O)c1cc2ccsc2n1Cc1ccccc1F. The number of amides is 1. The van der Waals surface area contributed by atoms with Crippen molar-refractivity contribution in [3.05, 3.63) is 58.9 Å². The number of hydrogen-bond acceptors (Lipinski definition) is 2. The van der Waals surface area contributed by atoms with Crippen LogP contribution in [0.1, 0.15) is 29.4 Å². The van der Waals surface area contributed by atoms with Crippen molar-refractivity contribution in [2.24, 2.45) is 0 Å². The van der Waals surface area contributed by atoms with Crippen LogP contribution >= 0.6 is 11.3 Å². The number of fused-ring (bicyclic) bond motifs is 1. The fourth-order valence-corrected chi connectivity index (χ4v) is 3.34. The molecule has 22 heavy (non-hydrogen) atoms. The van der Waals surface area contributed by atoms with Crippen molar-refractivity contribution in [1.82, 2.24) is 9.88 Å². The minimum absolute atomic E-state index is 0.110. The van der Waals surface area contributed by atoms with Gasteiger partial charge in [-0.1, -0.05) is 25.1 Å². The molecule has 2 heterocycles. The monoisotopic (exact) mass is 316 g/mol. The van der Waals surface area contributed by atoms with E-state index in [4.69, 9.17) is 0 Å². The van der Waals surface area contributed by atoms with E-state index in [1.165, 1.54) is 6.07 Å². The van der Waals surface area contributed by atoms with E-state index >= 15 is 0 Å². The van der Waals surface area contributed by atoms with Crippen molar-refractivity contribution in [3.63, 3.8) is 0 Å². The van der Waals surface area contributed by atoms with E-state index in [-0.39, 0.29) is 11.7 Å². The molecule has 114 valence electrons. The van der Waals surface area contributed by atoms with Crippen LogP contribution in [0.4, 0.5) is 4.39 Å². The van der Waals surface area contributed by atoms with Gasteiger partial charge in [-0.25, -0.2) is 4.39 Å². The summed E-state index contributed by atoms with van der Waals surface area (Å²) < 4.78 is 15.8. The van der Waals surface area contributed by atoms with E-state index in [0.29, 0.717) is 24.3 Å². The Kier molecular flexibility index (Phi) is 4.24. The number of hydrogen-bond donors (Lipinski definition) is 1. The summed E-state index contributed by atoms with van der Waals surface area (Å²) in [5.74, 6) is -0.359. The number of benzene rings is 1. The summed E-state index contributed by atoms with van der Waals surface area (Å²) in [6.07, 6.45) is 0.883. The molecule has 0 spiro atoms. The molecule has 3 aromatic rings. The lowest BCUT2D eigenvalue weighted by atomic mass is 10.2. The molecule has 3 rings (SSSR count). The topological polar surface area (TPSA) is 34.0 Å². The molecule has 2 aromatic heterocycles. The first-order valence-corrected chi connectivity index (χ1v) is 8.17. The van der Waals surface area contributed by atoms with Gasteiger partial charge < -0.3 is 9.88 Å². The van der Waals surface area contributed by atoms with Crippen LogP contribution in [0.3, 0.4) is 0 Å². The summed E-state index contributed by atoms with van der Waals surface area (Å²) in [6.45, 7) is 3.00. The number of halogens is 1. The second kappa shape index (κ2) is 6.32. The second-order valence-electron chi connectivity index (χ2n) is 5.14. The predicted octanol–water partition coefficient (Wildman–Crippen LogP) is 4.03. The Hall–Kier alpha value is -2.14. The zero-order valence-electron chi connectivity index (χ0n) is 12.3. The summed E-state index contributed by atoms with van der Waals surface area (Å²) in [7, 11) is 0. The maximum absolute atomic E-state index is 13.9. The highest BCUT2D eigenvalue weighted by Crippen LogP contribution is 2.26. The smallest absolute Gasteiger partial charge is 0.267 e. The summed E-state index contributed by atoms with van der Waals surface area (Å²) >= 11 is 1.56. The van der Waals surface area contributed by atoms with E-state index in [1.54, 1.807) is 23.5 Å².